The van der Waals surface area contributed by atoms with Crippen LogP contribution in [0, 0.1) is 5.82 Å². The van der Waals surface area contributed by atoms with Crippen LogP contribution >= 0.6 is 12.2 Å². The largest absolute Gasteiger partial charge is 0.389 e. The van der Waals surface area contributed by atoms with Crippen molar-refractivity contribution < 1.29 is 9.50 Å². The Labute approximate surface area is 111 Å². The van der Waals surface area contributed by atoms with E-state index in [4.69, 9.17) is 18.0 Å². The third kappa shape index (κ3) is 3.04. The Hall–Kier alpha value is -1.04. The second-order valence-electron chi connectivity index (χ2n) is 5.14. The molecule has 1 aromatic rings. The molecule has 18 heavy (non-hydrogen) atoms. The molecule has 1 heterocycles. The van der Waals surface area contributed by atoms with Gasteiger partial charge in [-0.2, -0.15) is 0 Å². The van der Waals surface area contributed by atoms with Crippen LogP contribution in [0.25, 0.3) is 0 Å². The first kappa shape index (κ1) is 13.4. The fourth-order valence-corrected chi connectivity index (χ4v) is 2.45. The first-order chi connectivity index (χ1) is 8.37. The number of β-amino-alcohol motifs (C(OH)–C–C–N with tert-alkyl or cyclic N) is 1. The van der Waals surface area contributed by atoms with Crippen LogP contribution in [-0.2, 0) is 6.54 Å². The molecule has 1 aliphatic rings. The van der Waals surface area contributed by atoms with E-state index in [0.717, 1.165) is 18.5 Å². The van der Waals surface area contributed by atoms with Crippen LogP contribution < -0.4 is 5.73 Å². The minimum atomic E-state index is -0.619. The SMILES string of the molecule is CC1(O)CCN(Cc2ccc(F)c(C(N)=S)c2)C1. The number of likely N-dealkylation sites (tertiary alicyclic amines) is 1. The standard InChI is InChI=1S/C13H17FN2OS/c1-13(17)4-5-16(8-13)7-9-2-3-11(14)10(6-9)12(15)18/h2-3,6,17H,4-5,7-8H2,1H3,(H2,15,18). The van der Waals surface area contributed by atoms with Crippen LogP contribution in [-0.4, -0.2) is 33.7 Å². The maximum atomic E-state index is 13.4. The molecule has 1 fully saturated rings. The van der Waals surface area contributed by atoms with Crippen molar-refractivity contribution in [1.82, 2.24) is 4.90 Å². The minimum Gasteiger partial charge on any atom is -0.389 e. The van der Waals surface area contributed by atoms with Gasteiger partial charge in [-0.05, 0) is 31.0 Å². The lowest BCUT2D eigenvalue weighted by atomic mass is 10.1. The zero-order chi connectivity index (χ0) is 13.3. The summed E-state index contributed by atoms with van der Waals surface area (Å²) in [5.74, 6) is -0.389. The van der Waals surface area contributed by atoms with E-state index in [-0.39, 0.29) is 16.4 Å². The summed E-state index contributed by atoms with van der Waals surface area (Å²) in [7, 11) is 0. The molecule has 1 atom stereocenters. The number of hydrogen-bond acceptors (Lipinski definition) is 3. The molecule has 1 aliphatic heterocycles. The molecule has 1 unspecified atom stereocenters. The maximum absolute atomic E-state index is 13.4. The molecular weight excluding hydrogens is 251 g/mol. The molecule has 1 aromatic carbocycles. The Balaban J connectivity index is 2.11. The Morgan fingerprint density at radius 3 is 2.89 bits per heavy atom. The quantitative estimate of drug-likeness (QED) is 0.814. The van der Waals surface area contributed by atoms with Crippen LogP contribution in [0.1, 0.15) is 24.5 Å². The van der Waals surface area contributed by atoms with Gasteiger partial charge in [0.1, 0.15) is 10.8 Å². The lowest BCUT2D eigenvalue weighted by Crippen LogP contribution is -2.29. The summed E-state index contributed by atoms with van der Waals surface area (Å²) in [6.45, 7) is 3.98. The van der Waals surface area contributed by atoms with Gasteiger partial charge in [0.2, 0.25) is 0 Å². The van der Waals surface area contributed by atoms with E-state index in [1.807, 2.05) is 6.92 Å². The van der Waals surface area contributed by atoms with Crippen LogP contribution in [0.2, 0.25) is 0 Å². The highest BCUT2D eigenvalue weighted by molar-refractivity contribution is 7.80. The highest BCUT2D eigenvalue weighted by atomic mass is 32.1. The predicted octanol–water partition coefficient (Wildman–Crippen LogP) is 1.42. The number of hydrogen-bond donors (Lipinski definition) is 2. The van der Waals surface area contributed by atoms with Crippen molar-refractivity contribution in [1.29, 1.82) is 0 Å². The molecule has 0 radical (unpaired) electrons. The van der Waals surface area contributed by atoms with Crippen LogP contribution in [0.15, 0.2) is 18.2 Å². The highest BCUT2D eigenvalue weighted by Crippen LogP contribution is 2.22. The molecule has 1 saturated heterocycles. The summed E-state index contributed by atoms with van der Waals surface area (Å²) in [5, 5.41) is 9.89. The third-order valence-corrected chi connectivity index (χ3v) is 3.45. The van der Waals surface area contributed by atoms with Gasteiger partial charge in [-0.15, -0.1) is 0 Å². The Morgan fingerprint density at radius 2 is 2.33 bits per heavy atom. The maximum Gasteiger partial charge on any atom is 0.133 e. The fraction of sp³-hybridized carbons (Fsp3) is 0.462. The normalized spacial score (nSPS) is 24.4. The first-order valence-corrected chi connectivity index (χ1v) is 6.31. The van der Waals surface area contributed by atoms with E-state index < -0.39 is 5.60 Å². The summed E-state index contributed by atoms with van der Waals surface area (Å²) in [4.78, 5) is 2.21. The second-order valence-corrected chi connectivity index (χ2v) is 5.58. The summed E-state index contributed by atoms with van der Waals surface area (Å²) in [6, 6.07) is 4.80. The molecule has 2 rings (SSSR count). The van der Waals surface area contributed by atoms with Crippen molar-refractivity contribution in [2.75, 3.05) is 13.1 Å². The topological polar surface area (TPSA) is 49.5 Å². The van der Waals surface area contributed by atoms with Crippen molar-refractivity contribution in [3.63, 3.8) is 0 Å². The molecule has 0 saturated carbocycles. The second kappa shape index (κ2) is 4.91. The molecule has 0 spiro atoms. The zero-order valence-electron chi connectivity index (χ0n) is 10.3. The van der Waals surface area contributed by atoms with Crippen LogP contribution in [0.4, 0.5) is 4.39 Å². The van der Waals surface area contributed by atoms with E-state index in [2.05, 4.69) is 4.90 Å². The lowest BCUT2D eigenvalue weighted by molar-refractivity contribution is 0.0679. The van der Waals surface area contributed by atoms with Gasteiger partial charge in [-0.25, -0.2) is 4.39 Å². The molecule has 3 N–H and O–H groups in total. The number of thiocarbonyl (C=S) groups is 1. The van der Waals surface area contributed by atoms with Gasteiger partial charge >= 0.3 is 0 Å². The monoisotopic (exact) mass is 268 g/mol. The number of halogens is 1. The number of benzene rings is 1. The van der Waals surface area contributed by atoms with Crippen molar-refractivity contribution >= 4 is 17.2 Å². The van der Waals surface area contributed by atoms with Crippen molar-refractivity contribution in [2.24, 2.45) is 5.73 Å². The van der Waals surface area contributed by atoms with E-state index in [0.29, 0.717) is 13.1 Å². The highest BCUT2D eigenvalue weighted by Gasteiger charge is 2.31. The summed E-state index contributed by atoms with van der Waals surface area (Å²) in [6.07, 6.45) is 0.760. The molecular formula is C13H17FN2OS. The van der Waals surface area contributed by atoms with E-state index in [1.54, 1.807) is 12.1 Å². The van der Waals surface area contributed by atoms with E-state index in [1.165, 1.54) is 6.07 Å². The molecule has 0 aromatic heterocycles. The average molecular weight is 268 g/mol. The van der Waals surface area contributed by atoms with Gasteiger partial charge in [0.25, 0.3) is 0 Å². The zero-order valence-corrected chi connectivity index (χ0v) is 11.1. The first-order valence-electron chi connectivity index (χ1n) is 5.90. The molecule has 5 heteroatoms. The lowest BCUT2D eigenvalue weighted by Gasteiger charge is -2.19. The summed E-state index contributed by atoms with van der Waals surface area (Å²) < 4.78 is 13.4. The van der Waals surface area contributed by atoms with Crippen molar-refractivity contribution in [3.8, 4) is 0 Å². The van der Waals surface area contributed by atoms with Gasteiger partial charge in [-0.1, -0.05) is 18.3 Å². The molecule has 0 bridgehead atoms. The van der Waals surface area contributed by atoms with Gasteiger partial charge in [-0.3, -0.25) is 4.90 Å². The molecule has 98 valence electrons. The van der Waals surface area contributed by atoms with Gasteiger partial charge in [0.15, 0.2) is 0 Å². The molecule has 3 nitrogen and oxygen atoms in total. The number of nitrogens with two attached hydrogens (primary N) is 1. The smallest absolute Gasteiger partial charge is 0.133 e. The Bertz CT molecular complexity index is 476. The number of nitrogens with zero attached hydrogens (tertiary/aromatic N) is 1. The number of rotatable bonds is 3. The summed E-state index contributed by atoms with van der Waals surface area (Å²) >= 11 is 4.81. The molecule has 0 aliphatic carbocycles. The van der Waals surface area contributed by atoms with Gasteiger partial charge in [0.05, 0.1) is 5.60 Å². The van der Waals surface area contributed by atoms with Crippen LogP contribution in [0.3, 0.4) is 0 Å². The number of aliphatic hydroxyl groups is 1. The summed E-state index contributed by atoms with van der Waals surface area (Å²) in [5.41, 5.74) is 6.09. The van der Waals surface area contributed by atoms with Gasteiger partial charge < -0.3 is 10.8 Å². The molecule has 0 amide bonds. The van der Waals surface area contributed by atoms with Crippen molar-refractivity contribution in [2.45, 2.75) is 25.5 Å². The van der Waals surface area contributed by atoms with Crippen molar-refractivity contribution in [3.05, 3.63) is 35.1 Å². The minimum absolute atomic E-state index is 0.0720. The van der Waals surface area contributed by atoms with E-state index in [9.17, 15) is 9.50 Å². The average Bonchev–Trinajstić information content (AvgIpc) is 2.60. The predicted molar refractivity (Wildman–Crippen MR) is 72.8 cm³/mol. The fourth-order valence-electron chi connectivity index (χ4n) is 2.29. The Kier molecular flexibility index (Phi) is 3.66. The van der Waals surface area contributed by atoms with E-state index >= 15 is 0 Å². The van der Waals surface area contributed by atoms with Gasteiger partial charge in [0, 0.05) is 25.2 Å². The third-order valence-electron chi connectivity index (χ3n) is 3.23. The van der Waals surface area contributed by atoms with Crippen LogP contribution in [0.5, 0.6) is 0 Å². The Morgan fingerprint density at radius 1 is 1.61 bits per heavy atom.